The molecule has 2 rings (SSSR count). The summed E-state index contributed by atoms with van der Waals surface area (Å²) >= 11 is 0. The van der Waals surface area contributed by atoms with Crippen molar-refractivity contribution in [2.75, 3.05) is 0 Å². The Kier molecular flexibility index (Phi) is 11.2. The molecule has 2 saturated heterocycles. The molecule has 0 radical (unpaired) electrons. The van der Waals surface area contributed by atoms with Gasteiger partial charge in [0.2, 0.25) is 0 Å². The topological polar surface area (TPSA) is 21.8 Å². The quantitative estimate of drug-likeness (QED) is 0.232. The van der Waals surface area contributed by atoms with E-state index in [0.717, 1.165) is 17.8 Å². The maximum Gasteiger partial charge on any atom is 0.0867 e. The fourth-order valence-electron chi connectivity index (χ4n) is 6.04. The molecule has 7 atom stereocenters. The second kappa shape index (κ2) is 12.8. The lowest BCUT2D eigenvalue weighted by Crippen LogP contribution is -2.17. The van der Waals surface area contributed by atoms with Crippen LogP contribution in [0.3, 0.4) is 0 Å². The summed E-state index contributed by atoms with van der Waals surface area (Å²) in [4.78, 5) is 0. The SMILES string of the molecule is CCCC(C)C1OC1CC(C)CCCC(C)CC(C)(C)CCCC1CCC(CC)O1. The molecule has 2 heterocycles. The van der Waals surface area contributed by atoms with Crippen molar-refractivity contribution in [1.82, 2.24) is 0 Å². The highest BCUT2D eigenvalue weighted by molar-refractivity contribution is 4.89. The molecule has 2 aliphatic rings. The van der Waals surface area contributed by atoms with Crippen molar-refractivity contribution < 1.29 is 9.47 Å². The van der Waals surface area contributed by atoms with Crippen LogP contribution in [0.25, 0.3) is 0 Å². The molecule has 7 unspecified atom stereocenters. The fraction of sp³-hybridized carbons (Fsp3) is 1.00. The van der Waals surface area contributed by atoms with Gasteiger partial charge < -0.3 is 9.47 Å². The molecule has 30 heavy (non-hydrogen) atoms. The monoisotopic (exact) mass is 422 g/mol. The first-order chi connectivity index (χ1) is 14.2. The van der Waals surface area contributed by atoms with Gasteiger partial charge >= 0.3 is 0 Å². The molecule has 0 saturated carbocycles. The van der Waals surface area contributed by atoms with Gasteiger partial charge in [0, 0.05) is 0 Å². The molecule has 178 valence electrons. The van der Waals surface area contributed by atoms with Crippen molar-refractivity contribution in [2.24, 2.45) is 23.2 Å². The maximum atomic E-state index is 6.14. The third-order valence-corrected chi connectivity index (χ3v) is 7.89. The first-order valence-corrected chi connectivity index (χ1v) is 13.5. The molecule has 2 fully saturated rings. The van der Waals surface area contributed by atoms with Gasteiger partial charge in [-0.1, -0.05) is 80.6 Å². The Labute approximate surface area is 189 Å². The first kappa shape index (κ1) is 26.2. The van der Waals surface area contributed by atoms with Gasteiger partial charge in [0.1, 0.15) is 0 Å². The van der Waals surface area contributed by atoms with Gasteiger partial charge in [-0.2, -0.15) is 0 Å². The molecule has 0 aromatic rings. The van der Waals surface area contributed by atoms with E-state index in [1.807, 2.05) is 0 Å². The van der Waals surface area contributed by atoms with E-state index in [1.165, 1.54) is 83.5 Å². The van der Waals surface area contributed by atoms with Gasteiger partial charge in [0.05, 0.1) is 24.4 Å². The van der Waals surface area contributed by atoms with E-state index in [0.29, 0.717) is 29.8 Å². The van der Waals surface area contributed by atoms with Crippen LogP contribution in [0.15, 0.2) is 0 Å². The summed E-state index contributed by atoms with van der Waals surface area (Å²) in [5.41, 5.74) is 0.471. The van der Waals surface area contributed by atoms with E-state index >= 15 is 0 Å². The van der Waals surface area contributed by atoms with E-state index < -0.39 is 0 Å². The lowest BCUT2D eigenvalue weighted by atomic mass is 9.77. The summed E-state index contributed by atoms with van der Waals surface area (Å²) in [5.74, 6) is 2.41. The van der Waals surface area contributed by atoms with Gasteiger partial charge in [-0.05, 0) is 74.5 Å². The van der Waals surface area contributed by atoms with Crippen molar-refractivity contribution in [1.29, 1.82) is 0 Å². The highest BCUT2D eigenvalue weighted by Crippen LogP contribution is 2.38. The van der Waals surface area contributed by atoms with Crippen molar-refractivity contribution in [3.63, 3.8) is 0 Å². The van der Waals surface area contributed by atoms with Crippen LogP contribution in [0, 0.1) is 23.2 Å². The first-order valence-electron chi connectivity index (χ1n) is 13.5. The van der Waals surface area contributed by atoms with Crippen LogP contribution in [0.2, 0.25) is 0 Å². The minimum absolute atomic E-state index is 0.471. The van der Waals surface area contributed by atoms with Crippen LogP contribution >= 0.6 is 0 Å². The minimum Gasteiger partial charge on any atom is -0.375 e. The molecule has 0 aliphatic carbocycles. The van der Waals surface area contributed by atoms with Gasteiger partial charge in [0.15, 0.2) is 0 Å². The zero-order valence-electron chi connectivity index (χ0n) is 21.6. The molecule has 0 amide bonds. The summed E-state index contributed by atoms with van der Waals surface area (Å²) in [6.45, 7) is 16.8. The number of ether oxygens (including phenoxy) is 2. The van der Waals surface area contributed by atoms with E-state index in [1.54, 1.807) is 0 Å². The predicted octanol–water partition coefficient (Wildman–Crippen LogP) is 8.57. The predicted molar refractivity (Wildman–Crippen MR) is 130 cm³/mol. The Morgan fingerprint density at radius 3 is 2.23 bits per heavy atom. The third-order valence-electron chi connectivity index (χ3n) is 7.89. The standard InChI is InChI=1S/C28H54O2/c1-8-12-23(5)27-26(30-27)19-21(3)13-10-14-22(4)20-28(6,7)18-11-15-25-17-16-24(9-2)29-25/h21-27H,8-20H2,1-7H3. The number of epoxide rings is 1. The minimum atomic E-state index is 0.471. The second-order valence-corrected chi connectivity index (χ2v) is 11.9. The summed E-state index contributed by atoms with van der Waals surface area (Å²) in [5, 5.41) is 0. The third kappa shape index (κ3) is 9.60. The summed E-state index contributed by atoms with van der Waals surface area (Å²) in [6.07, 6.45) is 19.3. The Morgan fingerprint density at radius 2 is 1.57 bits per heavy atom. The van der Waals surface area contributed by atoms with E-state index in [2.05, 4.69) is 48.5 Å². The van der Waals surface area contributed by atoms with Crippen LogP contribution in [0.4, 0.5) is 0 Å². The molecule has 2 aliphatic heterocycles. The molecular weight excluding hydrogens is 368 g/mol. The van der Waals surface area contributed by atoms with Crippen molar-refractivity contribution >= 4 is 0 Å². The van der Waals surface area contributed by atoms with Gasteiger partial charge in [-0.3, -0.25) is 0 Å². The lowest BCUT2D eigenvalue weighted by molar-refractivity contribution is 0.0356. The Balaban J connectivity index is 1.52. The molecule has 2 nitrogen and oxygen atoms in total. The Bertz CT molecular complexity index is 460. The lowest BCUT2D eigenvalue weighted by Gasteiger charge is -2.29. The largest absolute Gasteiger partial charge is 0.375 e. The maximum absolute atomic E-state index is 6.14. The molecule has 0 aromatic heterocycles. The molecular formula is C28H54O2. The van der Waals surface area contributed by atoms with Gasteiger partial charge in [-0.25, -0.2) is 0 Å². The van der Waals surface area contributed by atoms with Crippen LogP contribution in [0.1, 0.15) is 132 Å². The number of rotatable bonds is 16. The zero-order valence-corrected chi connectivity index (χ0v) is 21.6. The van der Waals surface area contributed by atoms with E-state index in [4.69, 9.17) is 9.47 Å². The molecule has 0 bridgehead atoms. The summed E-state index contributed by atoms with van der Waals surface area (Å²) in [7, 11) is 0. The van der Waals surface area contributed by atoms with Crippen LogP contribution in [-0.2, 0) is 9.47 Å². The smallest absolute Gasteiger partial charge is 0.0867 e. The average Bonchev–Trinajstić information content (AvgIpc) is 3.27. The second-order valence-electron chi connectivity index (χ2n) is 11.9. The summed E-state index contributed by atoms with van der Waals surface area (Å²) in [6, 6.07) is 0. The van der Waals surface area contributed by atoms with Gasteiger partial charge in [-0.15, -0.1) is 0 Å². The average molecular weight is 423 g/mol. The molecule has 0 spiro atoms. The number of hydrogen-bond donors (Lipinski definition) is 0. The van der Waals surface area contributed by atoms with E-state index in [-0.39, 0.29) is 0 Å². The molecule has 0 N–H and O–H groups in total. The van der Waals surface area contributed by atoms with Crippen LogP contribution in [-0.4, -0.2) is 24.4 Å². The highest BCUT2D eigenvalue weighted by Gasteiger charge is 2.42. The van der Waals surface area contributed by atoms with E-state index in [9.17, 15) is 0 Å². The fourth-order valence-corrected chi connectivity index (χ4v) is 6.04. The summed E-state index contributed by atoms with van der Waals surface area (Å²) < 4.78 is 12.1. The van der Waals surface area contributed by atoms with Crippen LogP contribution < -0.4 is 0 Å². The molecule has 2 heteroatoms. The number of hydrogen-bond acceptors (Lipinski definition) is 2. The Morgan fingerprint density at radius 1 is 0.867 bits per heavy atom. The van der Waals surface area contributed by atoms with Gasteiger partial charge in [0.25, 0.3) is 0 Å². The Hall–Kier alpha value is -0.0800. The van der Waals surface area contributed by atoms with Crippen LogP contribution in [0.5, 0.6) is 0 Å². The normalized spacial score (nSPS) is 29.7. The molecule has 0 aromatic carbocycles. The van der Waals surface area contributed by atoms with Crippen molar-refractivity contribution in [2.45, 2.75) is 156 Å². The van der Waals surface area contributed by atoms with Crippen molar-refractivity contribution in [3.05, 3.63) is 0 Å². The van der Waals surface area contributed by atoms with Crippen molar-refractivity contribution in [3.8, 4) is 0 Å². The highest BCUT2D eigenvalue weighted by atomic mass is 16.6. The zero-order chi connectivity index (χ0) is 22.1.